The Morgan fingerprint density at radius 3 is 2.87 bits per heavy atom. The molecule has 0 atom stereocenters. The maximum atomic E-state index is 3.41. The van der Waals surface area contributed by atoms with Crippen LogP contribution in [0.25, 0.3) is 0 Å². The van der Waals surface area contributed by atoms with Crippen LogP contribution in [-0.4, -0.2) is 29.1 Å². The van der Waals surface area contributed by atoms with Gasteiger partial charge in [-0.1, -0.05) is 0 Å². The van der Waals surface area contributed by atoms with Gasteiger partial charge in [0, 0.05) is 37.6 Å². The van der Waals surface area contributed by atoms with Crippen molar-refractivity contribution in [2.75, 3.05) is 19.6 Å². The van der Waals surface area contributed by atoms with Gasteiger partial charge in [-0.3, -0.25) is 4.90 Å². The number of nitrogens with zero attached hydrogens (tertiary/aromatic N) is 2. The average molecular weight is 205 g/mol. The molecule has 82 valence electrons. The molecule has 3 heterocycles. The van der Waals surface area contributed by atoms with Crippen molar-refractivity contribution in [3.05, 3.63) is 23.5 Å². The highest BCUT2D eigenvalue weighted by Crippen LogP contribution is 2.17. The van der Waals surface area contributed by atoms with Crippen molar-refractivity contribution >= 4 is 0 Å². The molecule has 15 heavy (non-hydrogen) atoms. The minimum absolute atomic E-state index is 1.04. The first-order valence-corrected chi connectivity index (χ1v) is 6.04. The topological polar surface area (TPSA) is 20.2 Å². The zero-order valence-corrected chi connectivity index (χ0v) is 9.21. The number of rotatable bonds is 2. The molecule has 3 nitrogen and oxygen atoms in total. The van der Waals surface area contributed by atoms with E-state index < -0.39 is 0 Å². The van der Waals surface area contributed by atoms with E-state index in [1.54, 1.807) is 0 Å². The van der Waals surface area contributed by atoms with Crippen LogP contribution in [-0.2, 0) is 19.6 Å². The minimum atomic E-state index is 1.04. The number of fused-ring (bicyclic) bond motifs is 1. The van der Waals surface area contributed by atoms with Crippen LogP contribution in [0.3, 0.4) is 0 Å². The quantitative estimate of drug-likeness (QED) is 0.782. The Morgan fingerprint density at radius 2 is 2.00 bits per heavy atom. The second-order valence-corrected chi connectivity index (χ2v) is 4.63. The van der Waals surface area contributed by atoms with Crippen molar-refractivity contribution in [2.24, 2.45) is 0 Å². The molecular formula is C12H19N3. The molecule has 1 fully saturated rings. The molecule has 0 aliphatic carbocycles. The molecular weight excluding hydrogens is 186 g/mol. The monoisotopic (exact) mass is 205 g/mol. The molecule has 2 aliphatic rings. The maximum Gasteiger partial charge on any atom is 0.0387 e. The fraction of sp³-hybridized carbons (Fsp3) is 0.667. The van der Waals surface area contributed by atoms with Gasteiger partial charge in [0.1, 0.15) is 0 Å². The average Bonchev–Trinajstić information content (AvgIpc) is 2.89. The first-order valence-electron chi connectivity index (χ1n) is 6.04. The number of nitrogens with one attached hydrogen (secondary N) is 1. The van der Waals surface area contributed by atoms with Crippen molar-refractivity contribution in [3.63, 3.8) is 0 Å². The molecule has 0 saturated carbocycles. The molecule has 3 heteroatoms. The van der Waals surface area contributed by atoms with E-state index in [0.29, 0.717) is 0 Å². The zero-order chi connectivity index (χ0) is 10.1. The maximum absolute atomic E-state index is 3.41. The van der Waals surface area contributed by atoms with Crippen LogP contribution in [0.4, 0.5) is 0 Å². The van der Waals surface area contributed by atoms with E-state index in [1.165, 1.54) is 37.3 Å². The largest absolute Gasteiger partial charge is 0.345 e. The first kappa shape index (κ1) is 9.43. The van der Waals surface area contributed by atoms with E-state index in [9.17, 15) is 0 Å². The van der Waals surface area contributed by atoms with Crippen LogP contribution in [0, 0.1) is 0 Å². The van der Waals surface area contributed by atoms with Gasteiger partial charge in [0.25, 0.3) is 0 Å². The van der Waals surface area contributed by atoms with Gasteiger partial charge < -0.3 is 9.88 Å². The molecule has 2 aliphatic heterocycles. The lowest BCUT2D eigenvalue weighted by Gasteiger charge is -2.21. The highest BCUT2D eigenvalue weighted by Gasteiger charge is 2.16. The number of hydrogen-bond acceptors (Lipinski definition) is 2. The van der Waals surface area contributed by atoms with Crippen LogP contribution in [0.1, 0.15) is 24.2 Å². The van der Waals surface area contributed by atoms with Gasteiger partial charge >= 0.3 is 0 Å². The molecule has 3 rings (SSSR count). The van der Waals surface area contributed by atoms with Gasteiger partial charge in [-0.05, 0) is 38.1 Å². The minimum Gasteiger partial charge on any atom is -0.345 e. The highest BCUT2D eigenvalue weighted by molar-refractivity contribution is 5.18. The fourth-order valence-corrected chi connectivity index (χ4v) is 2.71. The molecule has 0 amide bonds. The molecule has 0 bridgehead atoms. The van der Waals surface area contributed by atoms with E-state index in [0.717, 1.165) is 26.2 Å². The Labute approximate surface area is 91.1 Å². The van der Waals surface area contributed by atoms with Crippen molar-refractivity contribution in [1.29, 1.82) is 0 Å². The van der Waals surface area contributed by atoms with Crippen molar-refractivity contribution in [3.8, 4) is 0 Å². The molecule has 1 N–H and O–H groups in total. The third-order valence-corrected chi connectivity index (χ3v) is 3.56. The van der Waals surface area contributed by atoms with E-state index in [-0.39, 0.29) is 0 Å². The summed E-state index contributed by atoms with van der Waals surface area (Å²) in [7, 11) is 0. The fourth-order valence-electron chi connectivity index (χ4n) is 2.71. The first-order chi connectivity index (χ1) is 7.43. The van der Waals surface area contributed by atoms with Crippen molar-refractivity contribution in [1.82, 2.24) is 14.8 Å². The van der Waals surface area contributed by atoms with Gasteiger partial charge in [0.05, 0.1) is 0 Å². The Kier molecular flexibility index (Phi) is 2.51. The lowest BCUT2D eigenvalue weighted by Crippen LogP contribution is -2.30. The van der Waals surface area contributed by atoms with E-state index in [4.69, 9.17) is 0 Å². The second-order valence-electron chi connectivity index (χ2n) is 4.63. The summed E-state index contributed by atoms with van der Waals surface area (Å²) in [6.45, 7) is 7.04. The summed E-state index contributed by atoms with van der Waals surface area (Å²) in [5.41, 5.74) is 2.96. The third-order valence-electron chi connectivity index (χ3n) is 3.56. The smallest absolute Gasteiger partial charge is 0.0387 e. The lowest BCUT2D eigenvalue weighted by atomic mass is 10.3. The summed E-state index contributed by atoms with van der Waals surface area (Å²) in [6, 6.07) is 4.58. The van der Waals surface area contributed by atoms with Gasteiger partial charge in [-0.25, -0.2) is 0 Å². The summed E-state index contributed by atoms with van der Waals surface area (Å²) in [6.07, 6.45) is 2.77. The van der Waals surface area contributed by atoms with Crippen LogP contribution < -0.4 is 5.32 Å². The Balaban J connectivity index is 1.76. The lowest BCUT2D eigenvalue weighted by molar-refractivity contribution is 0.318. The van der Waals surface area contributed by atoms with E-state index >= 15 is 0 Å². The van der Waals surface area contributed by atoms with Gasteiger partial charge in [0.15, 0.2) is 0 Å². The molecule has 0 unspecified atom stereocenters. The molecule has 1 aromatic heterocycles. The van der Waals surface area contributed by atoms with Crippen LogP contribution in [0.2, 0.25) is 0 Å². The predicted molar refractivity (Wildman–Crippen MR) is 60.6 cm³/mol. The van der Waals surface area contributed by atoms with Crippen molar-refractivity contribution in [2.45, 2.75) is 32.5 Å². The molecule has 0 spiro atoms. The Bertz CT molecular complexity index is 337. The molecule has 0 aromatic carbocycles. The highest BCUT2D eigenvalue weighted by atomic mass is 15.2. The summed E-state index contributed by atoms with van der Waals surface area (Å²) in [5.74, 6) is 0. The predicted octanol–water partition coefficient (Wildman–Crippen LogP) is 1.19. The molecule has 1 aromatic rings. The Hall–Kier alpha value is -0.800. The SMILES string of the molecule is c1cc(CN2CCCC2)n2c1CNCC2. The van der Waals surface area contributed by atoms with Gasteiger partial charge in [0.2, 0.25) is 0 Å². The van der Waals surface area contributed by atoms with Gasteiger partial charge in [-0.15, -0.1) is 0 Å². The van der Waals surface area contributed by atoms with Crippen LogP contribution >= 0.6 is 0 Å². The summed E-state index contributed by atoms with van der Waals surface area (Å²) < 4.78 is 2.49. The zero-order valence-electron chi connectivity index (χ0n) is 9.21. The van der Waals surface area contributed by atoms with E-state index in [2.05, 4.69) is 26.9 Å². The van der Waals surface area contributed by atoms with E-state index in [1.807, 2.05) is 0 Å². The van der Waals surface area contributed by atoms with Gasteiger partial charge in [-0.2, -0.15) is 0 Å². The molecule has 0 radical (unpaired) electrons. The number of likely N-dealkylation sites (tertiary alicyclic amines) is 1. The number of hydrogen-bond donors (Lipinski definition) is 1. The standard InChI is InChI=1S/C12H19N3/c1-2-7-14(6-1)10-12-4-3-11-9-13-5-8-15(11)12/h3-4,13H,1-2,5-10H2. The summed E-state index contributed by atoms with van der Waals surface area (Å²) in [4.78, 5) is 2.57. The van der Waals surface area contributed by atoms with Crippen LogP contribution in [0.15, 0.2) is 12.1 Å². The summed E-state index contributed by atoms with van der Waals surface area (Å²) >= 11 is 0. The Morgan fingerprint density at radius 1 is 1.13 bits per heavy atom. The van der Waals surface area contributed by atoms with Crippen LogP contribution in [0.5, 0.6) is 0 Å². The normalized spacial score (nSPS) is 21.9. The van der Waals surface area contributed by atoms with Crippen molar-refractivity contribution < 1.29 is 0 Å². The second kappa shape index (κ2) is 3.99. The third kappa shape index (κ3) is 1.82. The number of aromatic nitrogens is 1. The molecule has 1 saturated heterocycles. The summed E-state index contributed by atoms with van der Waals surface area (Å²) in [5, 5.41) is 3.41.